The largest absolute Gasteiger partial charge is 0.497 e. The molecular weight excluding hydrogens is 997 g/mol. The van der Waals surface area contributed by atoms with Crippen LogP contribution in [0.25, 0.3) is 22.3 Å². The van der Waals surface area contributed by atoms with E-state index in [2.05, 4.69) is 62.4 Å². The lowest BCUT2D eigenvalue weighted by Crippen LogP contribution is -2.13. The Labute approximate surface area is 475 Å². The van der Waals surface area contributed by atoms with E-state index in [1.54, 1.807) is 24.3 Å². The Bertz CT molecular complexity index is 2780. The van der Waals surface area contributed by atoms with Gasteiger partial charge in [-0.1, -0.05) is 202 Å². The molecular formula is C71H80O9. The minimum absolute atomic E-state index is 0.0403. The quantitative estimate of drug-likeness (QED) is 0.0225. The highest BCUT2D eigenvalue weighted by Crippen LogP contribution is 2.28. The van der Waals surface area contributed by atoms with Gasteiger partial charge in [0.1, 0.15) is 28.7 Å². The summed E-state index contributed by atoms with van der Waals surface area (Å²) < 4.78 is 27.9. The lowest BCUT2D eigenvalue weighted by atomic mass is 10.00. The standard InChI is InChI=1S/C71H80O9/c1-4-6-8-10-12-14-16-18-20-22-24-53-26-30-55(31-27-53)57-34-38-59(39-35-57)68(72)77-63-42-46-65(47-43-63)79-70(74)61-50-62(52-67(51-61)76-3)71(75)80-66-48-44-64(45-49-66)78-69(73)60-40-36-58(37-41-60)56-32-28-54(29-33-56)25-23-21-19-17-15-13-11-9-7-5-2/h26-52H,4-25H2,1-3H3. The smallest absolute Gasteiger partial charge is 0.343 e. The van der Waals surface area contributed by atoms with Crippen LogP contribution in [-0.2, 0) is 12.8 Å². The van der Waals surface area contributed by atoms with E-state index in [0.717, 1.165) is 35.1 Å². The summed E-state index contributed by atoms with van der Waals surface area (Å²) in [6.45, 7) is 4.52. The summed E-state index contributed by atoms with van der Waals surface area (Å²) >= 11 is 0. The number of unbranched alkanes of at least 4 members (excludes halogenated alkanes) is 18. The highest BCUT2D eigenvalue weighted by molar-refractivity contribution is 5.98. The number of methoxy groups -OCH3 is 1. The monoisotopic (exact) mass is 1080 g/mol. The Kier molecular flexibility index (Phi) is 24.7. The molecule has 0 unspecified atom stereocenters. The lowest BCUT2D eigenvalue weighted by molar-refractivity contribution is 0.0714. The van der Waals surface area contributed by atoms with E-state index in [9.17, 15) is 19.2 Å². The number of aryl methyl sites for hydroxylation is 2. The van der Waals surface area contributed by atoms with Gasteiger partial charge in [-0.15, -0.1) is 0 Å². The van der Waals surface area contributed by atoms with Crippen molar-refractivity contribution in [2.24, 2.45) is 0 Å². The molecule has 0 atom stereocenters. The highest BCUT2D eigenvalue weighted by Gasteiger charge is 2.19. The minimum Gasteiger partial charge on any atom is -0.497 e. The molecule has 0 aromatic heterocycles. The summed E-state index contributed by atoms with van der Waals surface area (Å²) in [5, 5.41) is 0. The van der Waals surface area contributed by atoms with Crippen molar-refractivity contribution in [1.29, 1.82) is 0 Å². The summed E-state index contributed by atoms with van der Waals surface area (Å²) in [7, 11) is 1.41. The molecule has 80 heavy (non-hydrogen) atoms. The highest BCUT2D eigenvalue weighted by atomic mass is 16.5. The Morgan fingerprint density at radius 1 is 0.275 bits per heavy atom. The number of benzene rings is 7. The summed E-state index contributed by atoms with van der Waals surface area (Å²) in [5.74, 6) is -1.40. The second kappa shape index (κ2) is 33.0. The third-order valence-electron chi connectivity index (χ3n) is 14.6. The van der Waals surface area contributed by atoms with Crippen molar-refractivity contribution in [3.05, 3.63) is 197 Å². The lowest BCUT2D eigenvalue weighted by Gasteiger charge is -2.11. The predicted molar refractivity (Wildman–Crippen MR) is 321 cm³/mol. The minimum atomic E-state index is -0.754. The molecule has 0 saturated carbocycles. The molecule has 9 heteroatoms. The molecule has 0 heterocycles. The first kappa shape index (κ1) is 59.9. The Hall–Kier alpha value is -7.78. The number of carbonyl (C=O) groups excluding carboxylic acids is 4. The van der Waals surface area contributed by atoms with E-state index in [1.807, 2.05) is 24.3 Å². The first-order chi connectivity index (χ1) is 39.2. The van der Waals surface area contributed by atoms with Crippen molar-refractivity contribution >= 4 is 23.9 Å². The van der Waals surface area contributed by atoms with Crippen molar-refractivity contribution in [3.63, 3.8) is 0 Å². The number of hydrogen-bond acceptors (Lipinski definition) is 9. The number of carbonyl (C=O) groups is 4. The van der Waals surface area contributed by atoms with Gasteiger partial charge in [-0.2, -0.15) is 0 Å². The van der Waals surface area contributed by atoms with Crippen LogP contribution in [0.4, 0.5) is 0 Å². The number of esters is 4. The Morgan fingerprint density at radius 3 is 0.800 bits per heavy atom. The van der Waals surface area contributed by atoms with Gasteiger partial charge in [-0.3, -0.25) is 0 Å². The topological polar surface area (TPSA) is 114 Å². The van der Waals surface area contributed by atoms with Gasteiger partial charge in [0.15, 0.2) is 0 Å². The first-order valence-electron chi connectivity index (χ1n) is 29.3. The van der Waals surface area contributed by atoms with E-state index < -0.39 is 23.9 Å². The Morgan fingerprint density at radius 2 is 0.525 bits per heavy atom. The van der Waals surface area contributed by atoms with Crippen molar-refractivity contribution in [3.8, 4) is 51.0 Å². The van der Waals surface area contributed by atoms with E-state index >= 15 is 0 Å². The summed E-state index contributed by atoms with van der Waals surface area (Å²) in [6.07, 6.45) is 28.7. The molecule has 0 fully saturated rings. The fourth-order valence-electron chi connectivity index (χ4n) is 9.73. The SMILES string of the molecule is CCCCCCCCCCCCc1ccc(-c2ccc(C(=O)Oc3ccc(OC(=O)c4cc(OC)cc(C(=O)Oc5ccc(OC(=O)c6ccc(-c7ccc(CCCCCCCCCCCC)cc7)cc6)cc5)c4)cc3)cc2)cc1. The zero-order valence-electron chi connectivity index (χ0n) is 47.3. The van der Waals surface area contributed by atoms with Crippen molar-refractivity contribution in [2.75, 3.05) is 7.11 Å². The second-order valence-electron chi connectivity index (χ2n) is 20.9. The first-order valence-corrected chi connectivity index (χ1v) is 29.3. The molecule has 0 aliphatic rings. The van der Waals surface area contributed by atoms with E-state index in [-0.39, 0.29) is 39.9 Å². The van der Waals surface area contributed by atoms with Gasteiger partial charge in [-0.25, -0.2) is 19.2 Å². The normalized spacial score (nSPS) is 11.0. The maximum Gasteiger partial charge on any atom is 0.343 e. The molecule has 0 bridgehead atoms. The summed E-state index contributed by atoms with van der Waals surface area (Å²) in [5.41, 5.74) is 7.74. The van der Waals surface area contributed by atoms with Crippen molar-refractivity contribution in [2.45, 2.75) is 155 Å². The molecule has 0 N–H and O–H groups in total. The molecule has 0 spiro atoms. The summed E-state index contributed by atoms with van der Waals surface area (Å²) in [6, 6.07) is 48.4. The van der Waals surface area contributed by atoms with Gasteiger partial charge in [0.25, 0.3) is 0 Å². The van der Waals surface area contributed by atoms with Gasteiger partial charge in [-0.05, 0) is 150 Å². The van der Waals surface area contributed by atoms with Crippen LogP contribution in [0.5, 0.6) is 28.7 Å². The molecule has 418 valence electrons. The Balaban J connectivity index is 0.820. The third kappa shape index (κ3) is 19.8. The van der Waals surface area contributed by atoms with E-state index in [1.165, 1.54) is 213 Å². The van der Waals surface area contributed by atoms with Gasteiger partial charge >= 0.3 is 23.9 Å². The zero-order valence-corrected chi connectivity index (χ0v) is 47.3. The third-order valence-corrected chi connectivity index (χ3v) is 14.6. The maximum atomic E-state index is 13.4. The van der Waals surface area contributed by atoms with Gasteiger partial charge in [0.2, 0.25) is 0 Å². The van der Waals surface area contributed by atoms with Crippen LogP contribution in [0.3, 0.4) is 0 Å². The number of ether oxygens (including phenoxy) is 5. The van der Waals surface area contributed by atoms with Crippen LogP contribution in [0.1, 0.15) is 195 Å². The molecule has 0 aliphatic carbocycles. The van der Waals surface area contributed by atoms with Gasteiger partial charge < -0.3 is 23.7 Å². The number of rotatable bonds is 33. The average Bonchev–Trinajstić information content (AvgIpc) is 3.50. The van der Waals surface area contributed by atoms with Crippen LogP contribution in [0.15, 0.2) is 164 Å². The van der Waals surface area contributed by atoms with Crippen LogP contribution in [0.2, 0.25) is 0 Å². The fraction of sp³-hybridized carbons (Fsp3) is 0.352. The van der Waals surface area contributed by atoms with Gasteiger partial charge in [0.05, 0.1) is 29.4 Å². The van der Waals surface area contributed by atoms with Crippen LogP contribution >= 0.6 is 0 Å². The van der Waals surface area contributed by atoms with Crippen LogP contribution in [-0.4, -0.2) is 31.0 Å². The fourth-order valence-corrected chi connectivity index (χ4v) is 9.73. The van der Waals surface area contributed by atoms with Gasteiger partial charge in [0, 0.05) is 0 Å². The summed E-state index contributed by atoms with van der Waals surface area (Å²) in [4.78, 5) is 52.9. The van der Waals surface area contributed by atoms with E-state index in [0.29, 0.717) is 11.1 Å². The molecule has 7 aromatic carbocycles. The van der Waals surface area contributed by atoms with Crippen LogP contribution < -0.4 is 23.7 Å². The van der Waals surface area contributed by atoms with Crippen LogP contribution in [0, 0.1) is 0 Å². The molecule has 9 nitrogen and oxygen atoms in total. The zero-order chi connectivity index (χ0) is 56.2. The molecule has 7 rings (SSSR count). The average molecular weight is 1080 g/mol. The van der Waals surface area contributed by atoms with E-state index in [4.69, 9.17) is 23.7 Å². The second-order valence-corrected chi connectivity index (χ2v) is 20.9. The molecule has 0 saturated heterocycles. The number of hydrogen-bond donors (Lipinski definition) is 0. The maximum absolute atomic E-state index is 13.4. The van der Waals surface area contributed by atoms with Crippen molar-refractivity contribution in [1.82, 2.24) is 0 Å². The van der Waals surface area contributed by atoms with Crippen molar-refractivity contribution < 1.29 is 42.9 Å². The molecule has 7 aromatic rings. The molecule has 0 aliphatic heterocycles. The predicted octanol–water partition coefficient (Wildman–Crippen LogP) is 18.8. The molecule has 0 radical (unpaired) electrons. The molecule has 0 amide bonds.